The molecule has 3 rings (SSSR count). The first-order valence-electron chi connectivity index (χ1n) is 8.32. The zero-order valence-electron chi connectivity index (χ0n) is 13.8. The third-order valence-corrected chi connectivity index (χ3v) is 4.29. The van der Waals surface area contributed by atoms with Crippen LogP contribution in [0.2, 0.25) is 0 Å². The molecule has 2 aromatic rings. The van der Waals surface area contributed by atoms with E-state index in [1.807, 2.05) is 49.4 Å². The predicted octanol–water partition coefficient (Wildman–Crippen LogP) is 2.99. The van der Waals surface area contributed by atoms with Gasteiger partial charge in [-0.1, -0.05) is 48.0 Å². The Labute approximate surface area is 142 Å². The molecule has 4 heteroatoms. The molecule has 2 aromatic carbocycles. The highest BCUT2D eigenvalue weighted by Gasteiger charge is 2.33. The van der Waals surface area contributed by atoms with E-state index in [-0.39, 0.29) is 24.4 Å². The summed E-state index contributed by atoms with van der Waals surface area (Å²) in [7, 11) is 0. The topological polar surface area (TPSA) is 58.2 Å². The molecule has 0 radical (unpaired) electrons. The lowest BCUT2D eigenvalue weighted by atomic mass is 10.0. The number of hydrogen-bond donors (Lipinski definition) is 2. The second kappa shape index (κ2) is 7.30. The maximum Gasteiger partial charge on any atom is 0.251 e. The van der Waals surface area contributed by atoms with E-state index in [0.717, 1.165) is 24.0 Å². The summed E-state index contributed by atoms with van der Waals surface area (Å²) in [6.07, 6.45) is 2.27. The molecule has 0 aliphatic heterocycles. The average molecular weight is 322 g/mol. The highest BCUT2D eigenvalue weighted by molar-refractivity contribution is 5.96. The smallest absolute Gasteiger partial charge is 0.251 e. The molecule has 2 amide bonds. The standard InChI is InChI=1S/C20H22N2O2/c1-14-7-9-17(10-8-14)20(24)21-13-18(23)22-19(16-11-12-16)15-5-3-2-4-6-15/h2-10,16,19H,11-13H2,1H3,(H,21,24)(H,22,23). The number of carbonyl (C=O) groups excluding carboxylic acids is 2. The summed E-state index contributed by atoms with van der Waals surface area (Å²) in [6.45, 7) is 1.96. The molecule has 1 atom stereocenters. The van der Waals surface area contributed by atoms with Crippen LogP contribution >= 0.6 is 0 Å². The molecule has 1 aliphatic rings. The number of rotatable bonds is 6. The van der Waals surface area contributed by atoms with Gasteiger partial charge in [-0.3, -0.25) is 9.59 Å². The molecule has 124 valence electrons. The Hall–Kier alpha value is -2.62. The summed E-state index contributed by atoms with van der Waals surface area (Å²) in [4.78, 5) is 24.3. The quantitative estimate of drug-likeness (QED) is 0.859. The minimum Gasteiger partial charge on any atom is -0.347 e. The van der Waals surface area contributed by atoms with Gasteiger partial charge in [0, 0.05) is 5.56 Å². The number of amides is 2. The van der Waals surface area contributed by atoms with Crippen molar-refractivity contribution >= 4 is 11.8 Å². The molecule has 1 saturated carbocycles. The number of benzene rings is 2. The van der Waals surface area contributed by atoms with Crippen LogP contribution in [0.15, 0.2) is 54.6 Å². The first-order valence-corrected chi connectivity index (χ1v) is 8.32. The van der Waals surface area contributed by atoms with Crippen LogP contribution in [0.1, 0.15) is 40.4 Å². The molecular formula is C20H22N2O2. The van der Waals surface area contributed by atoms with Gasteiger partial charge in [-0.05, 0) is 43.4 Å². The number of carbonyl (C=O) groups is 2. The van der Waals surface area contributed by atoms with Crippen molar-refractivity contribution in [3.8, 4) is 0 Å². The van der Waals surface area contributed by atoms with Crippen molar-refractivity contribution in [3.05, 3.63) is 71.3 Å². The van der Waals surface area contributed by atoms with Gasteiger partial charge in [0.1, 0.15) is 0 Å². The van der Waals surface area contributed by atoms with E-state index in [2.05, 4.69) is 10.6 Å². The normalized spacial score (nSPS) is 14.7. The van der Waals surface area contributed by atoms with Gasteiger partial charge in [-0.2, -0.15) is 0 Å². The van der Waals surface area contributed by atoms with E-state index in [0.29, 0.717) is 11.5 Å². The second-order valence-electron chi connectivity index (χ2n) is 6.34. The molecule has 0 bridgehead atoms. The van der Waals surface area contributed by atoms with E-state index in [1.54, 1.807) is 12.1 Å². The minimum absolute atomic E-state index is 0.0111. The molecule has 0 saturated heterocycles. The molecule has 1 aliphatic carbocycles. The monoisotopic (exact) mass is 322 g/mol. The van der Waals surface area contributed by atoms with Crippen molar-refractivity contribution in [1.29, 1.82) is 0 Å². The number of aryl methyl sites for hydroxylation is 1. The highest BCUT2D eigenvalue weighted by atomic mass is 16.2. The second-order valence-corrected chi connectivity index (χ2v) is 6.34. The van der Waals surface area contributed by atoms with Crippen LogP contribution in [0.3, 0.4) is 0 Å². The van der Waals surface area contributed by atoms with Gasteiger partial charge >= 0.3 is 0 Å². The van der Waals surface area contributed by atoms with Crippen molar-refractivity contribution < 1.29 is 9.59 Å². The van der Waals surface area contributed by atoms with Crippen molar-refractivity contribution in [2.45, 2.75) is 25.8 Å². The summed E-state index contributed by atoms with van der Waals surface area (Å²) in [5, 5.41) is 5.74. The zero-order valence-corrected chi connectivity index (χ0v) is 13.8. The van der Waals surface area contributed by atoms with E-state index in [1.165, 1.54) is 0 Å². The summed E-state index contributed by atoms with van der Waals surface area (Å²) in [5.74, 6) is 0.119. The summed E-state index contributed by atoms with van der Waals surface area (Å²) in [5.41, 5.74) is 2.79. The van der Waals surface area contributed by atoms with Crippen molar-refractivity contribution in [3.63, 3.8) is 0 Å². The fourth-order valence-corrected chi connectivity index (χ4v) is 2.76. The summed E-state index contributed by atoms with van der Waals surface area (Å²) in [6, 6.07) is 17.3. The third-order valence-electron chi connectivity index (χ3n) is 4.29. The van der Waals surface area contributed by atoms with Crippen LogP contribution < -0.4 is 10.6 Å². The Morgan fingerprint density at radius 3 is 2.33 bits per heavy atom. The van der Waals surface area contributed by atoms with E-state index in [9.17, 15) is 9.59 Å². The van der Waals surface area contributed by atoms with E-state index >= 15 is 0 Å². The Morgan fingerprint density at radius 1 is 1.04 bits per heavy atom. The minimum atomic E-state index is -0.229. The van der Waals surface area contributed by atoms with Gasteiger partial charge in [0.15, 0.2) is 0 Å². The maximum absolute atomic E-state index is 12.2. The van der Waals surface area contributed by atoms with Gasteiger partial charge in [-0.15, -0.1) is 0 Å². The van der Waals surface area contributed by atoms with Crippen molar-refractivity contribution in [2.75, 3.05) is 6.54 Å². The maximum atomic E-state index is 12.2. The molecule has 4 nitrogen and oxygen atoms in total. The molecule has 0 aromatic heterocycles. The van der Waals surface area contributed by atoms with Crippen LogP contribution in [0.25, 0.3) is 0 Å². The first kappa shape index (κ1) is 16.2. The molecule has 24 heavy (non-hydrogen) atoms. The van der Waals surface area contributed by atoms with E-state index in [4.69, 9.17) is 0 Å². The van der Waals surface area contributed by atoms with Gasteiger partial charge in [-0.25, -0.2) is 0 Å². The summed E-state index contributed by atoms with van der Waals surface area (Å²) >= 11 is 0. The SMILES string of the molecule is Cc1ccc(C(=O)NCC(=O)NC(c2ccccc2)C2CC2)cc1. The van der Waals surface area contributed by atoms with Crippen LogP contribution in [0, 0.1) is 12.8 Å². The lowest BCUT2D eigenvalue weighted by Crippen LogP contribution is -2.39. The van der Waals surface area contributed by atoms with Crippen LogP contribution in [0.5, 0.6) is 0 Å². The fourth-order valence-electron chi connectivity index (χ4n) is 2.76. The Balaban J connectivity index is 1.54. The zero-order chi connectivity index (χ0) is 16.9. The molecule has 0 heterocycles. The lowest BCUT2D eigenvalue weighted by Gasteiger charge is -2.19. The molecule has 1 fully saturated rings. The highest BCUT2D eigenvalue weighted by Crippen LogP contribution is 2.40. The van der Waals surface area contributed by atoms with Gasteiger partial charge in [0.25, 0.3) is 5.91 Å². The molecule has 1 unspecified atom stereocenters. The van der Waals surface area contributed by atoms with Gasteiger partial charge in [0.05, 0.1) is 12.6 Å². The van der Waals surface area contributed by atoms with E-state index < -0.39 is 0 Å². The number of nitrogens with one attached hydrogen (secondary N) is 2. The fraction of sp³-hybridized carbons (Fsp3) is 0.300. The molecule has 2 N–H and O–H groups in total. The van der Waals surface area contributed by atoms with Crippen LogP contribution in [0.4, 0.5) is 0 Å². The molecule has 0 spiro atoms. The Morgan fingerprint density at radius 2 is 1.71 bits per heavy atom. The third kappa shape index (κ3) is 4.22. The lowest BCUT2D eigenvalue weighted by molar-refractivity contribution is -0.121. The largest absolute Gasteiger partial charge is 0.347 e. The van der Waals surface area contributed by atoms with Crippen LogP contribution in [-0.4, -0.2) is 18.4 Å². The van der Waals surface area contributed by atoms with Crippen LogP contribution in [-0.2, 0) is 4.79 Å². The van der Waals surface area contributed by atoms with Gasteiger partial charge in [0.2, 0.25) is 5.91 Å². The Bertz CT molecular complexity index is 706. The average Bonchev–Trinajstić information content (AvgIpc) is 3.44. The van der Waals surface area contributed by atoms with Crippen molar-refractivity contribution in [2.24, 2.45) is 5.92 Å². The van der Waals surface area contributed by atoms with Crippen molar-refractivity contribution in [1.82, 2.24) is 10.6 Å². The predicted molar refractivity (Wildman–Crippen MR) is 93.6 cm³/mol. The van der Waals surface area contributed by atoms with Gasteiger partial charge < -0.3 is 10.6 Å². The summed E-state index contributed by atoms with van der Waals surface area (Å²) < 4.78 is 0. The number of hydrogen-bond acceptors (Lipinski definition) is 2. The first-order chi connectivity index (χ1) is 11.6. The molecular weight excluding hydrogens is 300 g/mol. The Kier molecular flexibility index (Phi) is 4.94.